The number of aryl methyl sites for hydroxylation is 1. The highest BCUT2D eigenvalue weighted by Gasteiger charge is 2.14. The topological polar surface area (TPSA) is 56.7 Å². The summed E-state index contributed by atoms with van der Waals surface area (Å²) in [6.07, 6.45) is 1.71. The minimum absolute atomic E-state index is 0.245. The first-order chi connectivity index (χ1) is 12.7. The van der Waals surface area contributed by atoms with Crippen molar-refractivity contribution in [1.82, 2.24) is 19.9 Å². The molecule has 1 atom stereocenters. The Labute approximate surface area is 156 Å². The van der Waals surface area contributed by atoms with E-state index in [4.69, 9.17) is 4.52 Å². The van der Waals surface area contributed by atoms with Crippen molar-refractivity contribution in [3.8, 4) is 22.6 Å². The predicted molar refractivity (Wildman–Crippen MR) is 103 cm³/mol. The van der Waals surface area contributed by atoms with Gasteiger partial charge in [0.15, 0.2) is 10.9 Å². The van der Waals surface area contributed by atoms with E-state index < -0.39 is 0 Å². The summed E-state index contributed by atoms with van der Waals surface area (Å²) < 4.78 is 7.51. The van der Waals surface area contributed by atoms with Gasteiger partial charge in [-0.15, -0.1) is 10.2 Å². The van der Waals surface area contributed by atoms with E-state index in [2.05, 4.69) is 34.4 Å². The average molecular weight is 362 g/mol. The van der Waals surface area contributed by atoms with Gasteiger partial charge in [0.25, 0.3) is 0 Å². The third kappa shape index (κ3) is 3.41. The molecule has 0 bridgehead atoms. The zero-order valence-electron chi connectivity index (χ0n) is 14.5. The quantitative estimate of drug-likeness (QED) is 0.468. The van der Waals surface area contributed by atoms with Crippen molar-refractivity contribution in [2.45, 2.75) is 17.3 Å². The second-order valence-electron chi connectivity index (χ2n) is 6.05. The molecule has 0 saturated heterocycles. The summed E-state index contributed by atoms with van der Waals surface area (Å²) in [4.78, 5) is 0. The molecule has 2 aromatic carbocycles. The van der Waals surface area contributed by atoms with Crippen LogP contribution in [0.1, 0.15) is 17.7 Å². The van der Waals surface area contributed by atoms with E-state index in [-0.39, 0.29) is 5.25 Å². The molecule has 2 heterocycles. The van der Waals surface area contributed by atoms with E-state index in [0.29, 0.717) is 0 Å². The molecule has 130 valence electrons. The molecule has 4 rings (SSSR count). The fourth-order valence-corrected chi connectivity index (χ4v) is 3.61. The molecule has 0 aliphatic rings. The Morgan fingerprint density at radius 2 is 1.81 bits per heavy atom. The van der Waals surface area contributed by atoms with Crippen molar-refractivity contribution >= 4 is 11.8 Å². The highest BCUT2D eigenvalue weighted by Crippen LogP contribution is 2.35. The van der Waals surface area contributed by atoms with Crippen molar-refractivity contribution in [3.63, 3.8) is 0 Å². The van der Waals surface area contributed by atoms with Crippen LogP contribution in [0.4, 0.5) is 0 Å². The van der Waals surface area contributed by atoms with Crippen molar-refractivity contribution in [1.29, 1.82) is 0 Å². The Morgan fingerprint density at radius 1 is 1.00 bits per heavy atom. The zero-order valence-corrected chi connectivity index (χ0v) is 15.4. The normalized spacial score (nSPS) is 12.2. The number of hydrogen-bond donors (Lipinski definition) is 0. The number of benzene rings is 2. The number of thioether (sulfide) groups is 1. The maximum Gasteiger partial charge on any atom is 0.191 e. The molecule has 0 amide bonds. The van der Waals surface area contributed by atoms with Crippen LogP contribution in [0.15, 0.2) is 76.7 Å². The Hall–Kier alpha value is -2.86. The van der Waals surface area contributed by atoms with Gasteiger partial charge in [-0.3, -0.25) is 0 Å². The van der Waals surface area contributed by atoms with Gasteiger partial charge in [0.05, 0.1) is 0 Å². The molecule has 4 aromatic rings. The van der Waals surface area contributed by atoms with Crippen LogP contribution in [0.3, 0.4) is 0 Å². The summed E-state index contributed by atoms with van der Waals surface area (Å²) in [6.45, 7) is 2.16. The van der Waals surface area contributed by atoms with Crippen LogP contribution in [0.25, 0.3) is 22.6 Å². The fraction of sp³-hybridized carbons (Fsp3) is 0.150. The third-order valence-electron chi connectivity index (χ3n) is 4.17. The predicted octanol–water partition coefficient (Wildman–Crippen LogP) is 4.99. The Morgan fingerprint density at radius 3 is 2.58 bits per heavy atom. The third-order valence-corrected chi connectivity index (χ3v) is 5.38. The molecular formula is C20H18N4OS. The summed E-state index contributed by atoms with van der Waals surface area (Å²) in [5.41, 5.74) is 4.10. The molecule has 0 saturated carbocycles. The standard InChI is InChI=1S/C20H18N4OS/c1-14(26-20-22-21-13-24(20)2)16-9-6-10-17(11-16)19-12-18(23-25-19)15-7-4-3-5-8-15/h3-14H,1-2H3. The molecule has 0 fully saturated rings. The van der Waals surface area contributed by atoms with Crippen molar-refractivity contribution < 1.29 is 4.52 Å². The molecular weight excluding hydrogens is 344 g/mol. The molecule has 2 aromatic heterocycles. The van der Waals surface area contributed by atoms with Crippen LogP contribution in [0.2, 0.25) is 0 Å². The van der Waals surface area contributed by atoms with Crippen molar-refractivity contribution in [3.05, 3.63) is 72.6 Å². The van der Waals surface area contributed by atoms with Gasteiger partial charge in [0, 0.05) is 29.5 Å². The molecule has 0 spiro atoms. The lowest BCUT2D eigenvalue weighted by molar-refractivity contribution is 0.435. The van der Waals surface area contributed by atoms with E-state index >= 15 is 0 Å². The summed E-state index contributed by atoms with van der Waals surface area (Å²) >= 11 is 1.68. The molecule has 0 aliphatic heterocycles. The Bertz CT molecular complexity index is 1010. The second-order valence-corrected chi connectivity index (χ2v) is 7.36. The van der Waals surface area contributed by atoms with Gasteiger partial charge in [-0.25, -0.2) is 0 Å². The molecule has 0 aliphatic carbocycles. The van der Waals surface area contributed by atoms with Crippen molar-refractivity contribution in [2.75, 3.05) is 0 Å². The number of nitrogens with zero attached hydrogens (tertiary/aromatic N) is 4. The van der Waals surface area contributed by atoms with E-state index in [1.165, 1.54) is 5.56 Å². The van der Waals surface area contributed by atoms with Gasteiger partial charge in [-0.05, 0) is 18.6 Å². The lowest BCUT2D eigenvalue weighted by atomic mass is 10.1. The van der Waals surface area contributed by atoms with Gasteiger partial charge in [-0.1, -0.05) is 65.4 Å². The molecule has 1 unspecified atom stereocenters. The molecule has 0 N–H and O–H groups in total. The van der Waals surface area contributed by atoms with Gasteiger partial charge in [-0.2, -0.15) is 0 Å². The Balaban J connectivity index is 1.58. The highest BCUT2D eigenvalue weighted by molar-refractivity contribution is 7.99. The molecule has 6 heteroatoms. The summed E-state index contributed by atoms with van der Waals surface area (Å²) in [7, 11) is 1.95. The van der Waals surface area contributed by atoms with Crippen LogP contribution in [-0.4, -0.2) is 19.9 Å². The largest absolute Gasteiger partial charge is 0.356 e. The van der Waals surface area contributed by atoms with Gasteiger partial charge in [0.1, 0.15) is 12.0 Å². The first-order valence-electron chi connectivity index (χ1n) is 8.34. The average Bonchev–Trinajstić information content (AvgIpc) is 3.32. The minimum atomic E-state index is 0.245. The van der Waals surface area contributed by atoms with Gasteiger partial charge in [0.2, 0.25) is 0 Å². The molecule has 5 nitrogen and oxygen atoms in total. The SMILES string of the molecule is CC(Sc1nncn1C)c1cccc(-c2cc(-c3ccccc3)no2)c1. The van der Waals surface area contributed by atoms with E-state index in [1.807, 2.05) is 60.1 Å². The first kappa shape index (κ1) is 16.6. The zero-order chi connectivity index (χ0) is 17.9. The van der Waals surface area contributed by atoms with Gasteiger partial charge < -0.3 is 9.09 Å². The monoisotopic (exact) mass is 362 g/mol. The van der Waals surface area contributed by atoms with E-state index in [1.54, 1.807) is 18.1 Å². The molecule has 26 heavy (non-hydrogen) atoms. The fourth-order valence-electron chi connectivity index (χ4n) is 2.71. The van der Waals surface area contributed by atoms with Crippen LogP contribution in [-0.2, 0) is 7.05 Å². The van der Waals surface area contributed by atoms with Crippen LogP contribution < -0.4 is 0 Å². The number of hydrogen-bond acceptors (Lipinski definition) is 5. The number of aromatic nitrogens is 4. The Kier molecular flexibility index (Phi) is 4.58. The maximum absolute atomic E-state index is 5.58. The number of rotatable bonds is 5. The first-order valence-corrected chi connectivity index (χ1v) is 9.22. The molecule has 0 radical (unpaired) electrons. The van der Waals surface area contributed by atoms with Crippen LogP contribution >= 0.6 is 11.8 Å². The smallest absolute Gasteiger partial charge is 0.191 e. The summed E-state index contributed by atoms with van der Waals surface area (Å²) in [5, 5.41) is 13.4. The maximum atomic E-state index is 5.58. The summed E-state index contributed by atoms with van der Waals surface area (Å²) in [6, 6.07) is 20.4. The lowest BCUT2D eigenvalue weighted by Crippen LogP contribution is -1.94. The summed E-state index contributed by atoms with van der Waals surface area (Å²) in [5.74, 6) is 0.765. The second kappa shape index (κ2) is 7.17. The van der Waals surface area contributed by atoms with Crippen LogP contribution in [0.5, 0.6) is 0 Å². The van der Waals surface area contributed by atoms with Gasteiger partial charge >= 0.3 is 0 Å². The van der Waals surface area contributed by atoms with Crippen molar-refractivity contribution in [2.24, 2.45) is 7.05 Å². The van der Waals surface area contributed by atoms with Crippen LogP contribution in [0, 0.1) is 0 Å². The minimum Gasteiger partial charge on any atom is -0.356 e. The van der Waals surface area contributed by atoms with E-state index in [0.717, 1.165) is 27.7 Å². The van der Waals surface area contributed by atoms with E-state index in [9.17, 15) is 0 Å². The lowest BCUT2D eigenvalue weighted by Gasteiger charge is -2.11. The highest BCUT2D eigenvalue weighted by atomic mass is 32.2.